The molecule has 0 spiro atoms. The number of hydrogen-bond acceptors (Lipinski definition) is 4. The maximum Gasteiger partial charge on any atom is 0.339 e. The van der Waals surface area contributed by atoms with Gasteiger partial charge in [-0.1, -0.05) is 29.8 Å². The van der Waals surface area contributed by atoms with E-state index in [1.54, 1.807) is 12.1 Å². The second kappa shape index (κ2) is 5.07. The number of halogens is 1. The normalized spacial score (nSPS) is 16.1. The molecule has 0 saturated heterocycles. The second-order valence-electron chi connectivity index (χ2n) is 5.00. The van der Waals surface area contributed by atoms with E-state index in [4.69, 9.17) is 25.8 Å². The third kappa shape index (κ3) is 2.12. The van der Waals surface area contributed by atoms with Crippen molar-refractivity contribution in [2.45, 2.75) is 0 Å². The first-order valence-corrected chi connectivity index (χ1v) is 7.16. The Balaban J connectivity index is 1.83. The van der Waals surface area contributed by atoms with Crippen molar-refractivity contribution >= 4 is 28.7 Å². The van der Waals surface area contributed by atoms with Crippen molar-refractivity contribution in [1.82, 2.24) is 0 Å². The van der Waals surface area contributed by atoms with E-state index >= 15 is 0 Å². The molecule has 0 unspecified atom stereocenters. The van der Waals surface area contributed by atoms with E-state index in [0.717, 1.165) is 16.7 Å². The zero-order valence-corrected chi connectivity index (χ0v) is 12.2. The predicted octanol–water partition coefficient (Wildman–Crippen LogP) is 3.54. The molecule has 0 radical (unpaired) electrons. The fourth-order valence-corrected chi connectivity index (χ4v) is 2.75. The van der Waals surface area contributed by atoms with Crippen LogP contribution in [0.3, 0.4) is 0 Å². The Hall–Kier alpha value is -2.46. The van der Waals surface area contributed by atoms with Crippen molar-refractivity contribution in [1.29, 1.82) is 0 Å². The molecule has 2 aliphatic rings. The summed E-state index contributed by atoms with van der Waals surface area (Å²) >= 11 is 5.91. The molecule has 22 heavy (non-hydrogen) atoms. The summed E-state index contributed by atoms with van der Waals surface area (Å²) < 4.78 is 15.9. The van der Waals surface area contributed by atoms with Gasteiger partial charge in [-0.3, -0.25) is 0 Å². The van der Waals surface area contributed by atoms with Crippen LogP contribution in [0.2, 0.25) is 5.02 Å². The highest BCUT2D eigenvalue weighted by molar-refractivity contribution is 6.31. The van der Waals surface area contributed by atoms with Crippen LogP contribution in [-0.4, -0.2) is 19.4 Å². The summed E-state index contributed by atoms with van der Waals surface area (Å²) in [4.78, 5) is 12.1. The topological polar surface area (TPSA) is 44.8 Å². The highest BCUT2D eigenvalue weighted by Gasteiger charge is 2.28. The molecule has 0 N–H and O–H groups in total. The Kier molecular flexibility index (Phi) is 3.05. The van der Waals surface area contributed by atoms with E-state index in [-0.39, 0.29) is 19.4 Å². The number of ether oxygens (including phenoxy) is 3. The van der Waals surface area contributed by atoms with E-state index < -0.39 is 0 Å². The number of cyclic esters (lactones) is 1. The van der Waals surface area contributed by atoms with Crippen LogP contribution in [0.1, 0.15) is 11.1 Å². The fraction of sp³-hybridized carbons (Fsp3) is 0.118. The first-order chi connectivity index (χ1) is 10.7. The Morgan fingerprint density at radius 2 is 1.59 bits per heavy atom. The molecule has 2 aromatic carbocycles. The maximum atomic E-state index is 12.1. The third-order valence-electron chi connectivity index (χ3n) is 3.71. The lowest BCUT2D eigenvalue weighted by Gasteiger charge is -2.06. The Morgan fingerprint density at radius 1 is 0.864 bits per heavy atom. The Bertz CT molecular complexity index is 793. The monoisotopic (exact) mass is 314 g/mol. The van der Waals surface area contributed by atoms with Crippen molar-refractivity contribution in [2.24, 2.45) is 0 Å². The molecule has 0 atom stereocenters. The van der Waals surface area contributed by atoms with Gasteiger partial charge in [0.25, 0.3) is 0 Å². The number of esters is 1. The largest absolute Gasteiger partial charge is 0.457 e. The molecule has 0 fully saturated rings. The van der Waals surface area contributed by atoms with E-state index in [9.17, 15) is 4.79 Å². The SMILES string of the molecule is O=C1OCC(c2ccc3c(c2)OCO3)=C1c1ccc(Cl)cc1. The number of fused-ring (bicyclic) bond motifs is 1. The van der Waals surface area contributed by atoms with Gasteiger partial charge < -0.3 is 14.2 Å². The minimum absolute atomic E-state index is 0.220. The molecule has 0 amide bonds. The van der Waals surface area contributed by atoms with Gasteiger partial charge in [-0.15, -0.1) is 0 Å². The van der Waals surface area contributed by atoms with E-state index in [2.05, 4.69) is 0 Å². The van der Waals surface area contributed by atoms with Crippen molar-refractivity contribution in [3.05, 3.63) is 58.6 Å². The van der Waals surface area contributed by atoms with Gasteiger partial charge in [-0.2, -0.15) is 0 Å². The number of carbonyl (C=O) groups is 1. The highest BCUT2D eigenvalue weighted by Crippen LogP contribution is 2.38. The predicted molar refractivity (Wildman–Crippen MR) is 81.8 cm³/mol. The third-order valence-corrected chi connectivity index (χ3v) is 3.96. The highest BCUT2D eigenvalue weighted by atomic mass is 35.5. The molecule has 2 aromatic rings. The minimum Gasteiger partial charge on any atom is -0.457 e. The molecule has 2 aliphatic heterocycles. The average Bonchev–Trinajstić information content (AvgIpc) is 3.14. The minimum atomic E-state index is -0.324. The number of hydrogen-bond donors (Lipinski definition) is 0. The lowest BCUT2D eigenvalue weighted by molar-refractivity contribution is -0.133. The second-order valence-corrected chi connectivity index (χ2v) is 5.44. The molecule has 4 rings (SSSR count). The summed E-state index contributed by atoms with van der Waals surface area (Å²) in [5.74, 6) is 1.07. The lowest BCUT2D eigenvalue weighted by atomic mass is 9.96. The summed E-state index contributed by atoms with van der Waals surface area (Å²) in [7, 11) is 0. The zero-order chi connectivity index (χ0) is 15.1. The van der Waals surface area contributed by atoms with Crippen LogP contribution in [-0.2, 0) is 9.53 Å². The first-order valence-electron chi connectivity index (χ1n) is 6.78. The van der Waals surface area contributed by atoms with Crippen LogP contribution in [0.5, 0.6) is 11.5 Å². The van der Waals surface area contributed by atoms with E-state index in [0.29, 0.717) is 22.1 Å². The van der Waals surface area contributed by atoms with Crippen LogP contribution in [0.15, 0.2) is 42.5 Å². The van der Waals surface area contributed by atoms with Gasteiger partial charge in [-0.05, 0) is 35.4 Å². The average molecular weight is 315 g/mol. The molecule has 0 bridgehead atoms. The van der Waals surface area contributed by atoms with E-state index in [1.807, 2.05) is 30.3 Å². The van der Waals surface area contributed by atoms with Gasteiger partial charge in [0.15, 0.2) is 11.5 Å². The molecule has 4 nitrogen and oxygen atoms in total. The summed E-state index contributed by atoms with van der Waals surface area (Å²) in [5, 5.41) is 0.625. The van der Waals surface area contributed by atoms with Crippen LogP contribution in [0, 0.1) is 0 Å². The summed E-state index contributed by atoms with van der Waals surface area (Å²) in [5.41, 5.74) is 3.08. The van der Waals surface area contributed by atoms with Crippen molar-refractivity contribution in [3.8, 4) is 11.5 Å². The van der Waals surface area contributed by atoms with E-state index in [1.165, 1.54) is 0 Å². The quantitative estimate of drug-likeness (QED) is 0.795. The molecule has 0 aliphatic carbocycles. The van der Waals surface area contributed by atoms with Crippen LogP contribution in [0.25, 0.3) is 11.1 Å². The van der Waals surface area contributed by atoms with Gasteiger partial charge in [0.1, 0.15) is 6.61 Å². The van der Waals surface area contributed by atoms with Gasteiger partial charge in [0, 0.05) is 10.6 Å². The summed E-state index contributed by atoms with van der Waals surface area (Å²) in [6.07, 6.45) is 0. The molecule has 0 aromatic heterocycles. The molecular formula is C17H11ClO4. The van der Waals surface area contributed by atoms with Gasteiger partial charge in [0.2, 0.25) is 6.79 Å². The van der Waals surface area contributed by atoms with Crippen LogP contribution < -0.4 is 9.47 Å². The number of carbonyl (C=O) groups excluding carboxylic acids is 1. The zero-order valence-electron chi connectivity index (χ0n) is 11.5. The fourth-order valence-electron chi connectivity index (χ4n) is 2.63. The molecule has 110 valence electrons. The van der Waals surface area contributed by atoms with Crippen molar-refractivity contribution in [2.75, 3.05) is 13.4 Å². The van der Waals surface area contributed by atoms with Crippen LogP contribution >= 0.6 is 11.6 Å². The van der Waals surface area contributed by atoms with Crippen molar-refractivity contribution < 1.29 is 19.0 Å². The standard InChI is InChI=1S/C17H11ClO4/c18-12-4-1-10(2-5-12)16-13(8-20-17(16)19)11-3-6-14-15(7-11)22-9-21-14/h1-7H,8-9H2. The molecule has 0 saturated carbocycles. The number of rotatable bonds is 2. The van der Waals surface area contributed by atoms with Gasteiger partial charge in [-0.25, -0.2) is 4.79 Å². The first kappa shape index (κ1) is 13.2. The molecular weight excluding hydrogens is 304 g/mol. The van der Waals surface area contributed by atoms with Crippen LogP contribution in [0.4, 0.5) is 0 Å². The molecule has 5 heteroatoms. The Morgan fingerprint density at radius 3 is 2.41 bits per heavy atom. The number of benzene rings is 2. The maximum absolute atomic E-state index is 12.1. The smallest absolute Gasteiger partial charge is 0.339 e. The summed E-state index contributed by atoms with van der Waals surface area (Å²) in [6, 6.07) is 12.8. The Labute approximate surface area is 131 Å². The van der Waals surface area contributed by atoms with Gasteiger partial charge in [0.05, 0.1) is 5.57 Å². The van der Waals surface area contributed by atoms with Crippen molar-refractivity contribution in [3.63, 3.8) is 0 Å². The molecule has 2 heterocycles. The summed E-state index contributed by atoms with van der Waals surface area (Å²) in [6.45, 7) is 0.466. The van der Waals surface area contributed by atoms with Gasteiger partial charge >= 0.3 is 5.97 Å². The lowest BCUT2D eigenvalue weighted by Crippen LogP contribution is -1.98.